The molecule has 1 atom stereocenters. The van der Waals surface area contributed by atoms with Crippen molar-refractivity contribution in [2.75, 3.05) is 20.7 Å². The van der Waals surface area contributed by atoms with E-state index in [1.54, 1.807) is 45.0 Å². The number of methoxy groups -OCH3 is 1. The van der Waals surface area contributed by atoms with Crippen molar-refractivity contribution >= 4 is 17.7 Å². The molecule has 174 valence electrons. The summed E-state index contributed by atoms with van der Waals surface area (Å²) in [7, 11) is 3.19. The van der Waals surface area contributed by atoms with Crippen LogP contribution < -0.4 is 20.7 Å². The van der Waals surface area contributed by atoms with E-state index in [1.807, 2.05) is 25.1 Å². The second kappa shape index (κ2) is 11.3. The molecule has 1 aliphatic heterocycles. The van der Waals surface area contributed by atoms with Crippen LogP contribution in [0.1, 0.15) is 21.5 Å². The Morgan fingerprint density at radius 3 is 2.71 bits per heavy atom. The fraction of sp³-hybridized carbons (Fsp3) is 0.208. The zero-order valence-corrected chi connectivity index (χ0v) is 18.9. The molecule has 1 unspecified atom stereocenters. The SMILES string of the molecule is CNC(=O)c1cc(OC)ccc1C.O=C1CNC(=O)C(C#Cc2cncc(-c3cn[nH]c3)c2)N1. The normalized spacial score (nSPS) is 14.4. The number of ether oxygens (including phenoxy) is 1. The molecular weight excluding hydrogens is 436 g/mol. The Hall–Kier alpha value is -4.65. The van der Waals surface area contributed by atoms with E-state index in [-0.39, 0.29) is 24.3 Å². The summed E-state index contributed by atoms with van der Waals surface area (Å²) in [5, 5.41) is 14.2. The maximum absolute atomic E-state index is 11.6. The summed E-state index contributed by atoms with van der Waals surface area (Å²) in [6.07, 6.45) is 6.73. The monoisotopic (exact) mass is 460 g/mol. The van der Waals surface area contributed by atoms with Gasteiger partial charge in [0, 0.05) is 47.9 Å². The molecule has 10 heteroatoms. The van der Waals surface area contributed by atoms with Gasteiger partial charge in [-0.25, -0.2) is 0 Å². The molecule has 0 spiro atoms. The highest BCUT2D eigenvalue weighted by Gasteiger charge is 2.23. The van der Waals surface area contributed by atoms with Crippen molar-refractivity contribution in [3.8, 4) is 28.7 Å². The molecule has 1 fully saturated rings. The van der Waals surface area contributed by atoms with Gasteiger partial charge in [0.25, 0.3) is 11.8 Å². The van der Waals surface area contributed by atoms with Crippen molar-refractivity contribution in [2.45, 2.75) is 13.0 Å². The molecule has 0 aliphatic carbocycles. The molecule has 1 aliphatic rings. The van der Waals surface area contributed by atoms with E-state index in [9.17, 15) is 14.4 Å². The number of aryl methyl sites for hydroxylation is 1. The quantitative estimate of drug-likeness (QED) is 0.427. The van der Waals surface area contributed by atoms with Crippen LogP contribution in [0.4, 0.5) is 0 Å². The van der Waals surface area contributed by atoms with Crippen LogP contribution in [0.5, 0.6) is 5.75 Å². The van der Waals surface area contributed by atoms with Crippen LogP contribution in [-0.4, -0.2) is 59.6 Å². The van der Waals surface area contributed by atoms with Crippen molar-refractivity contribution < 1.29 is 19.1 Å². The summed E-state index contributed by atoms with van der Waals surface area (Å²) in [4.78, 5) is 38.2. The van der Waals surface area contributed by atoms with Crippen molar-refractivity contribution in [2.24, 2.45) is 0 Å². The second-order valence-corrected chi connectivity index (χ2v) is 7.20. The van der Waals surface area contributed by atoms with Crippen LogP contribution in [0.3, 0.4) is 0 Å². The first kappa shape index (κ1) is 24.0. The number of pyridine rings is 1. The summed E-state index contributed by atoms with van der Waals surface area (Å²) in [6, 6.07) is 6.44. The number of H-pyrrole nitrogens is 1. The lowest BCUT2D eigenvalue weighted by Crippen LogP contribution is -2.55. The minimum absolute atomic E-state index is 0.00541. The number of amides is 3. The standard InChI is InChI=1S/C14H11N5O2.C10H13NO2/c20-13-8-16-14(21)12(19-13)2-1-9-3-10(5-15-4-9)11-6-17-18-7-11;1-7-4-5-8(13-3)6-9(7)10(12)11-2/h3-7,12H,8H2,(H,16,21)(H,17,18)(H,19,20);4-6H,1-3H3,(H,11,12). The van der Waals surface area contributed by atoms with E-state index >= 15 is 0 Å². The number of nitrogens with one attached hydrogen (secondary N) is 4. The van der Waals surface area contributed by atoms with Gasteiger partial charge in [0.15, 0.2) is 6.04 Å². The molecule has 4 rings (SSSR count). The lowest BCUT2D eigenvalue weighted by molar-refractivity contribution is -0.132. The average molecular weight is 460 g/mol. The van der Waals surface area contributed by atoms with Crippen molar-refractivity contribution in [3.05, 3.63) is 65.7 Å². The molecule has 10 nitrogen and oxygen atoms in total. The molecule has 3 amide bonds. The van der Waals surface area contributed by atoms with Crippen LogP contribution in [-0.2, 0) is 9.59 Å². The molecule has 3 heterocycles. The van der Waals surface area contributed by atoms with Gasteiger partial charge < -0.3 is 20.7 Å². The van der Waals surface area contributed by atoms with E-state index in [0.717, 1.165) is 16.7 Å². The van der Waals surface area contributed by atoms with E-state index in [0.29, 0.717) is 16.9 Å². The number of hydrogen-bond donors (Lipinski definition) is 4. The van der Waals surface area contributed by atoms with E-state index in [1.165, 1.54) is 0 Å². The Kier molecular flexibility index (Phi) is 7.97. The third-order valence-electron chi connectivity index (χ3n) is 4.84. The van der Waals surface area contributed by atoms with Gasteiger partial charge in [-0.2, -0.15) is 5.10 Å². The topological polar surface area (TPSA) is 138 Å². The molecular formula is C24H24N6O4. The first-order chi connectivity index (χ1) is 16.4. The Morgan fingerprint density at radius 2 is 2.00 bits per heavy atom. The highest BCUT2D eigenvalue weighted by molar-refractivity contribution is 5.97. The fourth-order valence-corrected chi connectivity index (χ4v) is 2.99. The van der Waals surface area contributed by atoms with Crippen molar-refractivity contribution in [3.63, 3.8) is 0 Å². The Labute approximate surface area is 196 Å². The molecule has 4 N–H and O–H groups in total. The second-order valence-electron chi connectivity index (χ2n) is 7.20. The number of benzene rings is 1. The first-order valence-corrected chi connectivity index (χ1v) is 10.3. The molecule has 2 aromatic heterocycles. The summed E-state index contributed by atoms with van der Waals surface area (Å²) < 4.78 is 5.02. The Morgan fingerprint density at radius 1 is 1.18 bits per heavy atom. The van der Waals surface area contributed by atoms with Gasteiger partial charge in [0.2, 0.25) is 5.91 Å². The summed E-state index contributed by atoms with van der Waals surface area (Å²) >= 11 is 0. The lowest BCUT2D eigenvalue weighted by Gasteiger charge is -2.18. The molecule has 34 heavy (non-hydrogen) atoms. The fourth-order valence-electron chi connectivity index (χ4n) is 2.99. The molecule has 0 bridgehead atoms. The molecule has 1 saturated heterocycles. The van der Waals surface area contributed by atoms with Gasteiger partial charge in [0.05, 0.1) is 19.9 Å². The molecule has 0 saturated carbocycles. The van der Waals surface area contributed by atoms with Gasteiger partial charge in [-0.1, -0.05) is 17.9 Å². The van der Waals surface area contributed by atoms with Crippen molar-refractivity contribution in [1.29, 1.82) is 0 Å². The van der Waals surface area contributed by atoms with Gasteiger partial charge in [-0.15, -0.1) is 0 Å². The number of piperazine rings is 1. The van der Waals surface area contributed by atoms with Crippen LogP contribution in [0.25, 0.3) is 11.1 Å². The van der Waals surface area contributed by atoms with Gasteiger partial charge >= 0.3 is 0 Å². The summed E-state index contributed by atoms with van der Waals surface area (Å²) in [6.45, 7) is 1.89. The third kappa shape index (κ3) is 6.20. The smallest absolute Gasteiger partial charge is 0.255 e. The highest BCUT2D eigenvalue weighted by Crippen LogP contribution is 2.17. The number of aromatic amines is 1. The predicted molar refractivity (Wildman–Crippen MR) is 125 cm³/mol. The highest BCUT2D eigenvalue weighted by atomic mass is 16.5. The minimum atomic E-state index is -0.830. The van der Waals surface area contributed by atoms with E-state index in [4.69, 9.17) is 4.74 Å². The van der Waals surface area contributed by atoms with Gasteiger partial charge in [-0.05, 0) is 30.7 Å². The number of aromatic nitrogens is 3. The average Bonchev–Trinajstić information content (AvgIpc) is 3.40. The molecule has 3 aromatic rings. The third-order valence-corrected chi connectivity index (χ3v) is 4.84. The summed E-state index contributed by atoms with van der Waals surface area (Å²) in [5.41, 5.74) is 4.02. The summed E-state index contributed by atoms with van der Waals surface area (Å²) in [5.74, 6) is 5.64. The van der Waals surface area contributed by atoms with Gasteiger partial charge in [-0.3, -0.25) is 24.5 Å². The van der Waals surface area contributed by atoms with Crippen LogP contribution in [0.15, 0.2) is 49.1 Å². The predicted octanol–water partition coefficient (Wildman–Crippen LogP) is 0.801. The lowest BCUT2D eigenvalue weighted by atomic mass is 10.1. The number of nitrogens with zero attached hydrogens (tertiary/aromatic N) is 2. The first-order valence-electron chi connectivity index (χ1n) is 10.3. The maximum atomic E-state index is 11.6. The Bertz CT molecular complexity index is 1240. The number of hydrogen-bond acceptors (Lipinski definition) is 6. The van der Waals surface area contributed by atoms with Crippen molar-refractivity contribution in [1.82, 2.24) is 31.1 Å². The van der Waals surface area contributed by atoms with Crippen LogP contribution in [0, 0.1) is 18.8 Å². The van der Waals surface area contributed by atoms with Crippen LogP contribution in [0.2, 0.25) is 0 Å². The molecule has 0 radical (unpaired) electrons. The largest absolute Gasteiger partial charge is 0.497 e. The number of carbonyl (C=O) groups excluding carboxylic acids is 3. The minimum Gasteiger partial charge on any atom is -0.497 e. The number of rotatable bonds is 3. The number of carbonyl (C=O) groups is 3. The Balaban J connectivity index is 0.000000215. The van der Waals surface area contributed by atoms with Crippen LogP contribution >= 0.6 is 0 Å². The van der Waals surface area contributed by atoms with Gasteiger partial charge in [0.1, 0.15) is 5.75 Å². The molecule has 1 aromatic carbocycles. The maximum Gasteiger partial charge on any atom is 0.255 e. The van der Waals surface area contributed by atoms with E-state index < -0.39 is 6.04 Å². The zero-order valence-electron chi connectivity index (χ0n) is 18.9. The van der Waals surface area contributed by atoms with E-state index in [2.05, 4.69) is 43.0 Å². The zero-order chi connectivity index (χ0) is 24.5.